The Kier molecular flexibility index (Phi) is 6.40. The maximum absolute atomic E-state index is 11.5. The number of ether oxygens (including phenoxy) is 1. The molecule has 0 bridgehead atoms. The average Bonchev–Trinajstić information content (AvgIpc) is 2.47. The van der Waals surface area contributed by atoms with Crippen molar-refractivity contribution in [2.75, 3.05) is 19.0 Å². The second kappa shape index (κ2) is 7.82. The molecule has 0 saturated heterocycles. The quantitative estimate of drug-likeness (QED) is 0.760. The first-order chi connectivity index (χ1) is 9.12. The lowest BCUT2D eigenvalue weighted by atomic mass is 9.98. The molecule has 0 radical (unpaired) electrons. The van der Waals surface area contributed by atoms with Crippen LogP contribution < -0.4 is 5.32 Å². The molecule has 0 fully saturated rings. The van der Waals surface area contributed by atoms with E-state index in [1.54, 1.807) is 0 Å². The van der Waals surface area contributed by atoms with Crippen LogP contribution in [0.4, 0.5) is 5.69 Å². The van der Waals surface area contributed by atoms with Gasteiger partial charge in [-0.05, 0) is 36.5 Å². The summed E-state index contributed by atoms with van der Waals surface area (Å²) in [5.41, 5.74) is 2.41. The normalized spacial score (nSPS) is 13.7. The van der Waals surface area contributed by atoms with Crippen LogP contribution >= 0.6 is 0 Å². The third-order valence-electron chi connectivity index (χ3n) is 3.67. The fourth-order valence-electron chi connectivity index (χ4n) is 1.97. The van der Waals surface area contributed by atoms with Gasteiger partial charge in [-0.1, -0.05) is 32.9 Å². The van der Waals surface area contributed by atoms with Gasteiger partial charge in [0.1, 0.15) is 0 Å². The second-order valence-electron chi connectivity index (χ2n) is 4.94. The molecule has 0 aliphatic carbocycles. The lowest BCUT2D eigenvalue weighted by Crippen LogP contribution is -2.23. The Morgan fingerprint density at radius 3 is 2.32 bits per heavy atom. The molecule has 3 heteroatoms. The van der Waals surface area contributed by atoms with Crippen LogP contribution in [0.5, 0.6) is 0 Å². The molecule has 0 aromatic heterocycles. The molecule has 1 N–H and O–H groups in total. The molecule has 1 rings (SSSR count). The molecule has 0 aliphatic heterocycles. The lowest BCUT2D eigenvalue weighted by Gasteiger charge is -2.15. The highest BCUT2D eigenvalue weighted by molar-refractivity contribution is 5.73. The second-order valence-corrected chi connectivity index (χ2v) is 4.94. The summed E-state index contributed by atoms with van der Waals surface area (Å²) in [6, 6.07) is 8.45. The molecule has 0 amide bonds. The topological polar surface area (TPSA) is 38.3 Å². The van der Waals surface area contributed by atoms with Gasteiger partial charge in [0, 0.05) is 12.2 Å². The highest BCUT2D eigenvalue weighted by Crippen LogP contribution is 2.20. The van der Waals surface area contributed by atoms with Crippen LogP contribution in [0.3, 0.4) is 0 Å². The molecule has 19 heavy (non-hydrogen) atoms. The number of nitrogens with one attached hydrogen (secondary N) is 1. The number of methoxy groups -OCH3 is 1. The first-order valence-electron chi connectivity index (χ1n) is 7.04. The van der Waals surface area contributed by atoms with Crippen LogP contribution in [0.1, 0.15) is 45.1 Å². The number of carbonyl (C=O) groups excluding carboxylic acids is 1. The Morgan fingerprint density at radius 2 is 1.84 bits per heavy atom. The van der Waals surface area contributed by atoms with E-state index in [2.05, 4.69) is 43.4 Å². The molecule has 0 aliphatic rings. The predicted octanol–water partition coefficient (Wildman–Crippen LogP) is 3.81. The summed E-state index contributed by atoms with van der Waals surface area (Å²) in [4.78, 5) is 11.5. The average molecular weight is 263 g/mol. The van der Waals surface area contributed by atoms with Gasteiger partial charge in [0.15, 0.2) is 0 Å². The molecule has 0 spiro atoms. The zero-order valence-electron chi connectivity index (χ0n) is 12.4. The molecular formula is C16H25NO2. The maximum Gasteiger partial charge on any atom is 0.310 e. The van der Waals surface area contributed by atoms with E-state index in [0.29, 0.717) is 12.5 Å². The van der Waals surface area contributed by atoms with Gasteiger partial charge < -0.3 is 10.1 Å². The third-order valence-corrected chi connectivity index (χ3v) is 3.67. The van der Waals surface area contributed by atoms with Gasteiger partial charge >= 0.3 is 5.97 Å². The van der Waals surface area contributed by atoms with Crippen molar-refractivity contribution in [2.45, 2.75) is 39.5 Å². The van der Waals surface area contributed by atoms with Crippen molar-refractivity contribution in [1.82, 2.24) is 0 Å². The van der Waals surface area contributed by atoms with Gasteiger partial charge in [-0.25, -0.2) is 0 Å². The van der Waals surface area contributed by atoms with E-state index >= 15 is 0 Å². The highest BCUT2D eigenvalue weighted by Gasteiger charge is 2.16. The summed E-state index contributed by atoms with van der Waals surface area (Å²) in [5, 5.41) is 3.29. The number of benzene rings is 1. The minimum Gasteiger partial charge on any atom is -0.469 e. The number of esters is 1. The van der Waals surface area contributed by atoms with Crippen LogP contribution in [0.15, 0.2) is 24.3 Å². The number of hydrogen-bond donors (Lipinski definition) is 1. The SMILES string of the molecule is CCC(CNc1ccc(C(C)CC)cc1)C(=O)OC. The summed E-state index contributed by atoms with van der Waals surface area (Å²) in [5.74, 6) is 0.359. The van der Waals surface area contributed by atoms with E-state index in [-0.39, 0.29) is 11.9 Å². The van der Waals surface area contributed by atoms with Crippen LogP contribution in [0, 0.1) is 5.92 Å². The molecule has 2 unspecified atom stereocenters. The lowest BCUT2D eigenvalue weighted by molar-refractivity contribution is -0.145. The summed E-state index contributed by atoms with van der Waals surface area (Å²) in [7, 11) is 1.44. The molecule has 0 heterocycles. The summed E-state index contributed by atoms with van der Waals surface area (Å²) >= 11 is 0. The van der Waals surface area contributed by atoms with Crippen molar-refractivity contribution in [2.24, 2.45) is 5.92 Å². The smallest absolute Gasteiger partial charge is 0.310 e. The van der Waals surface area contributed by atoms with E-state index in [0.717, 1.165) is 18.5 Å². The zero-order chi connectivity index (χ0) is 14.3. The Labute approximate surface area is 116 Å². The summed E-state index contributed by atoms with van der Waals surface area (Å²) < 4.78 is 4.78. The van der Waals surface area contributed by atoms with Gasteiger partial charge in [0.05, 0.1) is 13.0 Å². The van der Waals surface area contributed by atoms with Crippen molar-refractivity contribution < 1.29 is 9.53 Å². The molecule has 1 aromatic rings. The number of rotatable bonds is 7. The monoisotopic (exact) mass is 263 g/mol. The highest BCUT2D eigenvalue weighted by atomic mass is 16.5. The van der Waals surface area contributed by atoms with E-state index in [9.17, 15) is 4.79 Å². The first kappa shape index (κ1) is 15.5. The van der Waals surface area contributed by atoms with E-state index in [1.165, 1.54) is 12.7 Å². The van der Waals surface area contributed by atoms with Crippen LogP contribution in [0.25, 0.3) is 0 Å². The maximum atomic E-state index is 11.5. The summed E-state index contributed by atoms with van der Waals surface area (Å²) in [6.45, 7) is 7.03. The van der Waals surface area contributed by atoms with Crippen molar-refractivity contribution in [3.8, 4) is 0 Å². The molecule has 0 saturated carbocycles. The molecule has 1 aromatic carbocycles. The molecule has 3 nitrogen and oxygen atoms in total. The fourth-order valence-corrected chi connectivity index (χ4v) is 1.97. The summed E-state index contributed by atoms with van der Waals surface area (Å²) in [6.07, 6.45) is 1.93. The minimum atomic E-state index is -0.147. The number of hydrogen-bond acceptors (Lipinski definition) is 3. The van der Waals surface area contributed by atoms with E-state index in [4.69, 9.17) is 4.74 Å². The number of carbonyl (C=O) groups is 1. The van der Waals surface area contributed by atoms with Crippen molar-refractivity contribution in [3.63, 3.8) is 0 Å². The van der Waals surface area contributed by atoms with Gasteiger partial charge in [0.2, 0.25) is 0 Å². The largest absolute Gasteiger partial charge is 0.469 e. The van der Waals surface area contributed by atoms with Gasteiger partial charge in [-0.2, -0.15) is 0 Å². The van der Waals surface area contributed by atoms with Crippen molar-refractivity contribution >= 4 is 11.7 Å². The van der Waals surface area contributed by atoms with Crippen LogP contribution in [0.2, 0.25) is 0 Å². The van der Waals surface area contributed by atoms with E-state index < -0.39 is 0 Å². The Balaban J connectivity index is 2.56. The first-order valence-corrected chi connectivity index (χ1v) is 7.04. The van der Waals surface area contributed by atoms with Crippen LogP contribution in [-0.2, 0) is 9.53 Å². The van der Waals surface area contributed by atoms with E-state index in [1.807, 2.05) is 6.92 Å². The van der Waals surface area contributed by atoms with Gasteiger partial charge in [-0.3, -0.25) is 4.79 Å². The predicted molar refractivity (Wildman–Crippen MR) is 79.4 cm³/mol. The minimum absolute atomic E-state index is 0.0840. The molecule has 2 atom stereocenters. The van der Waals surface area contributed by atoms with Crippen LogP contribution in [-0.4, -0.2) is 19.6 Å². The standard InChI is InChI=1S/C16H25NO2/c1-5-12(3)14-7-9-15(10-8-14)17-11-13(6-2)16(18)19-4/h7-10,12-13,17H,5-6,11H2,1-4H3. The molecular weight excluding hydrogens is 238 g/mol. The Bertz CT molecular complexity index is 386. The third kappa shape index (κ3) is 4.58. The van der Waals surface area contributed by atoms with Crippen molar-refractivity contribution in [1.29, 1.82) is 0 Å². The Morgan fingerprint density at radius 1 is 1.21 bits per heavy atom. The zero-order valence-corrected chi connectivity index (χ0v) is 12.4. The molecule has 106 valence electrons. The van der Waals surface area contributed by atoms with Gasteiger partial charge in [-0.15, -0.1) is 0 Å². The fraction of sp³-hybridized carbons (Fsp3) is 0.562. The number of anilines is 1. The van der Waals surface area contributed by atoms with Crippen molar-refractivity contribution in [3.05, 3.63) is 29.8 Å². The van der Waals surface area contributed by atoms with Gasteiger partial charge in [0.25, 0.3) is 0 Å². The Hall–Kier alpha value is -1.51.